The highest BCUT2D eigenvalue weighted by molar-refractivity contribution is 7.93. The molecular formula is C12H24N2OS. The second-order valence-electron chi connectivity index (χ2n) is 5.67. The van der Waals surface area contributed by atoms with Gasteiger partial charge in [-0.1, -0.05) is 0 Å². The van der Waals surface area contributed by atoms with Crippen molar-refractivity contribution < 1.29 is 4.21 Å². The molecular weight excluding hydrogens is 220 g/mol. The fourth-order valence-electron chi connectivity index (χ4n) is 2.57. The summed E-state index contributed by atoms with van der Waals surface area (Å²) in [5, 5.41) is 0.246. The molecule has 16 heavy (non-hydrogen) atoms. The molecule has 0 spiro atoms. The monoisotopic (exact) mass is 244 g/mol. The zero-order valence-corrected chi connectivity index (χ0v) is 11.3. The van der Waals surface area contributed by atoms with Gasteiger partial charge >= 0.3 is 0 Å². The molecule has 2 aliphatic rings. The van der Waals surface area contributed by atoms with Crippen molar-refractivity contribution in [1.29, 1.82) is 4.78 Å². The van der Waals surface area contributed by atoms with Gasteiger partial charge in [-0.3, -0.25) is 4.78 Å². The van der Waals surface area contributed by atoms with Gasteiger partial charge in [-0.15, -0.1) is 0 Å². The minimum atomic E-state index is -2.24. The first-order valence-corrected chi connectivity index (χ1v) is 8.27. The maximum atomic E-state index is 12.1. The van der Waals surface area contributed by atoms with E-state index in [1.807, 2.05) is 0 Å². The Labute approximate surface area is 99.6 Å². The minimum absolute atomic E-state index is 0.246. The Morgan fingerprint density at radius 3 is 2.25 bits per heavy atom. The van der Waals surface area contributed by atoms with E-state index in [1.165, 1.54) is 0 Å². The molecule has 0 aromatic heterocycles. The Balaban J connectivity index is 1.81. The topological polar surface area (TPSA) is 44.2 Å². The third-order valence-corrected chi connectivity index (χ3v) is 6.44. The molecule has 0 bridgehead atoms. The van der Waals surface area contributed by atoms with E-state index >= 15 is 0 Å². The van der Waals surface area contributed by atoms with Gasteiger partial charge in [0.05, 0.1) is 0 Å². The van der Waals surface area contributed by atoms with Gasteiger partial charge in [-0.25, -0.2) is 4.21 Å². The average Bonchev–Trinajstić information content (AvgIpc) is 3.01. The molecule has 0 aromatic rings. The van der Waals surface area contributed by atoms with Crippen LogP contribution >= 0.6 is 0 Å². The fraction of sp³-hybridized carbons (Fsp3) is 1.00. The fourth-order valence-corrected chi connectivity index (χ4v) is 4.77. The second kappa shape index (κ2) is 4.65. The maximum absolute atomic E-state index is 12.1. The van der Waals surface area contributed by atoms with Crippen molar-refractivity contribution in [2.24, 2.45) is 5.92 Å². The number of nitrogens with one attached hydrogen (secondary N) is 1. The normalized spacial score (nSPS) is 28.2. The van der Waals surface area contributed by atoms with Crippen LogP contribution in [0.15, 0.2) is 0 Å². The van der Waals surface area contributed by atoms with E-state index in [9.17, 15) is 4.21 Å². The van der Waals surface area contributed by atoms with Crippen LogP contribution in [-0.2, 0) is 9.73 Å². The lowest BCUT2D eigenvalue weighted by Gasteiger charge is -2.34. The molecule has 2 rings (SSSR count). The molecule has 4 heteroatoms. The number of rotatable bonds is 4. The van der Waals surface area contributed by atoms with Gasteiger partial charge in [0, 0.05) is 26.8 Å². The van der Waals surface area contributed by atoms with E-state index in [-0.39, 0.29) is 5.25 Å². The van der Waals surface area contributed by atoms with Crippen molar-refractivity contribution >= 4 is 9.73 Å². The smallest absolute Gasteiger partial charge is 0.0473 e. The van der Waals surface area contributed by atoms with Crippen molar-refractivity contribution in [3.63, 3.8) is 0 Å². The molecule has 1 saturated carbocycles. The molecule has 0 aromatic carbocycles. The lowest BCUT2D eigenvalue weighted by Crippen LogP contribution is -2.40. The summed E-state index contributed by atoms with van der Waals surface area (Å²) < 4.78 is 20.0. The molecule has 1 aliphatic carbocycles. The second-order valence-corrected chi connectivity index (χ2v) is 8.12. The van der Waals surface area contributed by atoms with Gasteiger partial charge in [0.25, 0.3) is 0 Å². The van der Waals surface area contributed by atoms with Crippen LogP contribution < -0.4 is 0 Å². The Morgan fingerprint density at radius 1 is 1.25 bits per heavy atom. The lowest BCUT2D eigenvalue weighted by atomic mass is 9.98. The largest absolute Gasteiger partial charge is 0.301 e. The van der Waals surface area contributed by atoms with Gasteiger partial charge in [-0.2, -0.15) is 0 Å². The van der Waals surface area contributed by atoms with E-state index in [2.05, 4.69) is 18.7 Å². The summed E-state index contributed by atoms with van der Waals surface area (Å²) in [7, 11) is -2.24. The predicted octanol–water partition coefficient (Wildman–Crippen LogP) is 2.32. The number of piperidine rings is 1. The van der Waals surface area contributed by atoms with E-state index in [0.717, 1.165) is 38.8 Å². The van der Waals surface area contributed by atoms with E-state index in [1.54, 1.807) is 0 Å². The molecule has 2 fully saturated rings. The summed E-state index contributed by atoms with van der Waals surface area (Å²) in [5.74, 6) is 1.21. The van der Waals surface area contributed by atoms with E-state index < -0.39 is 9.73 Å². The van der Waals surface area contributed by atoms with Crippen LogP contribution in [0.5, 0.6) is 0 Å². The average molecular weight is 244 g/mol. The minimum Gasteiger partial charge on any atom is -0.301 e. The molecule has 0 radical (unpaired) electrons. The molecule has 1 heterocycles. The van der Waals surface area contributed by atoms with Crippen LogP contribution in [-0.4, -0.2) is 39.2 Å². The van der Waals surface area contributed by atoms with Crippen LogP contribution in [0.3, 0.4) is 0 Å². The third-order valence-electron chi connectivity index (χ3n) is 3.93. The Kier molecular flexibility index (Phi) is 3.59. The van der Waals surface area contributed by atoms with Gasteiger partial charge < -0.3 is 4.90 Å². The SMILES string of the molecule is CC(C)N1CCC(CS(=N)(=O)C2CC2)CC1. The summed E-state index contributed by atoms with van der Waals surface area (Å²) in [6, 6.07) is 0.629. The first-order chi connectivity index (χ1) is 7.49. The van der Waals surface area contributed by atoms with Crippen LogP contribution in [0.25, 0.3) is 0 Å². The number of hydrogen-bond donors (Lipinski definition) is 1. The van der Waals surface area contributed by atoms with Crippen molar-refractivity contribution in [3.05, 3.63) is 0 Å². The maximum Gasteiger partial charge on any atom is 0.0473 e. The third kappa shape index (κ3) is 2.98. The van der Waals surface area contributed by atoms with Gasteiger partial charge in [0.2, 0.25) is 0 Å². The summed E-state index contributed by atoms with van der Waals surface area (Å²) in [6.07, 6.45) is 4.35. The van der Waals surface area contributed by atoms with Crippen molar-refractivity contribution in [2.75, 3.05) is 18.8 Å². The molecule has 0 amide bonds. The van der Waals surface area contributed by atoms with E-state index in [0.29, 0.717) is 17.7 Å². The van der Waals surface area contributed by atoms with Crippen molar-refractivity contribution in [2.45, 2.75) is 50.8 Å². The Bertz CT molecular complexity index is 325. The molecule has 1 aliphatic heterocycles. The summed E-state index contributed by atoms with van der Waals surface area (Å²) >= 11 is 0. The molecule has 1 atom stereocenters. The standard InChI is InChI=1S/C12H24N2OS/c1-10(2)14-7-5-11(6-8-14)9-16(13,15)12-3-4-12/h10-13H,3-9H2,1-2H3. The van der Waals surface area contributed by atoms with Gasteiger partial charge in [0.15, 0.2) is 0 Å². The molecule has 94 valence electrons. The van der Waals surface area contributed by atoms with Crippen molar-refractivity contribution in [3.8, 4) is 0 Å². The summed E-state index contributed by atoms with van der Waals surface area (Å²) in [5.41, 5.74) is 0. The van der Waals surface area contributed by atoms with E-state index in [4.69, 9.17) is 4.78 Å². The zero-order chi connectivity index (χ0) is 11.8. The van der Waals surface area contributed by atoms with Crippen LogP contribution in [0.4, 0.5) is 0 Å². The molecule has 1 unspecified atom stereocenters. The van der Waals surface area contributed by atoms with Crippen LogP contribution in [0, 0.1) is 10.7 Å². The predicted molar refractivity (Wildman–Crippen MR) is 68.2 cm³/mol. The zero-order valence-electron chi connectivity index (χ0n) is 10.4. The van der Waals surface area contributed by atoms with Gasteiger partial charge in [-0.05, 0) is 58.5 Å². The van der Waals surface area contributed by atoms with Crippen LogP contribution in [0.2, 0.25) is 0 Å². The molecule has 1 saturated heterocycles. The molecule has 1 N–H and O–H groups in total. The Morgan fingerprint density at radius 2 is 1.81 bits per heavy atom. The highest BCUT2D eigenvalue weighted by Crippen LogP contribution is 2.32. The molecule has 3 nitrogen and oxygen atoms in total. The quantitative estimate of drug-likeness (QED) is 0.825. The first-order valence-electron chi connectivity index (χ1n) is 6.48. The number of nitrogens with zero attached hydrogens (tertiary/aromatic N) is 1. The van der Waals surface area contributed by atoms with Gasteiger partial charge in [0.1, 0.15) is 0 Å². The van der Waals surface area contributed by atoms with Crippen molar-refractivity contribution in [1.82, 2.24) is 4.90 Å². The summed E-state index contributed by atoms with van der Waals surface area (Å²) in [6.45, 7) is 6.72. The Hall–Kier alpha value is -0.0900. The highest BCUT2D eigenvalue weighted by atomic mass is 32.2. The van der Waals surface area contributed by atoms with Crippen LogP contribution in [0.1, 0.15) is 39.5 Å². The first kappa shape index (κ1) is 12.4. The highest BCUT2D eigenvalue weighted by Gasteiger charge is 2.34. The summed E-state index contributed by atoms with van der Waals surface area (Å²) in [4.78, 5) is 2.49. The number of hydrogen-bond acceptors (Lipinski definition) is 3. The number of likely N-dealkylation sites (tertiary alicyclic amines) is 1. The lowest BCUT2D eigenvalue weighted by molar-refractivity contribution is 0.157.